The van der Waals surface area contributed by atoms with E-state index in [-0.39, 0.29) is 5.88 Å². The Morgan fingerprint density at radius 1 is 1.21 bits per heavy atom. The van der Waals surface area contributed by atoms with E-state index in [1.165, 1.54) is 7.11 Å². The molecule has 1 aromatic heterocycles. The van der Waals surface area contributed by atoms with Crippen LogP contribution in [-0.4, -0.2) is 22.9 Å². The van der Waals surface area contributed by atoms with Gasteiger partial charge in [-0.05, 0) is 36.8 Å². The van der Waals surface area contributed by atoms with Crippen LogP contribution in [0.5, 0.6) is 5.88 Å². The number of rotatable bonds is 3. The molecular formula is C22H18N4O3. The molecular weight excluding hydrogens is 368 g/mol. The Balaban J connectivity index is 1.88. The quantitative estimate of drug-likeness (QED) is 0.694. The molecule has 0 spiro atoms. The molecule has 7 nitrogen and oxygen atoms in total. The van der Waals surface area contributed by atoms with Crippen LogP contribution in [0.15, 0.2) is 66.1 Å². The molecule has 0 bridgehead atoms. The normalized spacial score (nSPS) is 15.3. The van der Waals surface area contributed by atoms with Gasteiger partial charge in [0.05, 0.1) is 35.5 Å². The maximum atomic E-state index is 11.7. The summed E-state index contributed by atoms with van der Waals surface area (Å²) in [4.78, 5) is 11.7. The van der Waals surface area contributed by atoms with Crippen LogP contribution in [0.2, 0.25) is 0 Å². The summed E-state index contributed by atoms with van der Waals surface area (Å²) in [5, 5.41) is 14.4. The minimum absolute atomic E-state index is 0.0409. The number of aryl methyl sites for hydroxylation is 1. The number of nitrogens with two attached hydrogens (primary N) is 1. The summed E-state index contributed by atoms with van der Waals surface area (Å²) in [6.07, 6.45) is 0. The van der Waals surface area contributed by atoms with E-state index in [0.717, 1.165) is 22.5 Å². The molecule has 4 rings (SSSR count). The molecule has 1 aliphatic heterocycles. The van der Waals surface area contributed by atoms with Crippen LogP contribution in [0.25, 0.3) is 5.69 Å². The van der Waals surface area contributed by atoms with Crippen LogP contribution < -0.4 is 10.5 Å². The van der Waals surface area contributed by atoms with E-state index >= 15 is 0 Å². The smallest absolute Gasteiger partial charge is 0.337 e. The van der Waals surface area contributed by atoms with Crippen molar-refractivity contribution in [2.75, 3.05) is 7.11 Å². The predicted octanol–water partition coefficient (Wildman–Crippen LogP) is 3.19. The third kappa shape index (κ3) is 3.01. The Morgan fingerprint density at radius 2 is 1.90 bits per heavy atom. The van der Waals surface area contributed by atoms with Crippen molar-refractivity contribution in [1.29, 1.82) is 5.26 Å². The number of benzene rings is 2. The van der Waals surface area contributed by atoms with Gasteiger partial charge in [0.1, 0.15) is 11.6 Å². The zero-order valence-corrected chi connectivity index (χ0v) is 15.9. The monoisotopic (exact) mass is 386 g/mol. The second-order valence-corrected chi connectivity index (χ2v) is 6.59. The van der Waals surface area contributed by atoms with Crippen LogP contribution in [0.1, 0.15) is 33.1 Å². The number of esters is 1. The maximum Gasteiger partial charge on any atom is 0.337 e. The number of hydrogen-bond acceptors (Lipinski definition) is 6. The van der Waals surface area contributed by atoms with Crippen molar-refractivity contribution in [1.82, 2.24) is 9.78 Å². The number of hydrogen-bond donors (Lipinski definition) is 1. The fraction of sp³-hybridized carbons (Fsp3) is 0.136. The summed E-state index contributed by atoms with van der Waals surface area (Å²) in [7, 11) is 1.33. The van der Waals surface area contributed by atoms with Gasteiger partial charge in [-0.2, -0.15) is 10.4 Å². The van der Waals surface area contributed by atoms with E-state index in [1.54, 1.807) is 28.9 Å². The van der Waals surface area contributed by atoms with Gasteiger partial charge < -0.3 is 15.2 Å². The van der Waals surface area contributed by atoms with Crippen LogP contribution in [-0.2, 0) is 4.74 Å². The van der Waals surface area contributed by atoms with Crippen LogP contribution >= 0.6 is 0 Å². The van der Waals surface area contributed by atoms with Gasteiger partial charge >= 0.3 is 5.97 Å². The lowest BCUT2D eigenvalue weighted by Crippen LogP contribution is -2.22. The lowest BCUT2D eigenvalue weighted by Gasteiger charge is -2.25. The fourth-order valence-corrected chi connectivity index (χ4v) is 3.52. The van der Waals surface area contributed by atoms with Crippen molar-refractivity contribution in [2.24, 2.45) is 5.73 Å². The molecule has 0 unspecified atom stereocenters. The van der Waals surface area contributed by atoms with Gasteiger partial charge in [0.25, 0.3) is 0 Å². The molecule has 0 radical (unpaired) electrons. The summed E-state index contributed by atoms with van der Waals surface area (Å²) in [6, 6.07) is 18.6. The first-order chi connectivity index (χ1) is 14.0. The Labute approximate surface area is 167 Å². The number of carbonyl (C=O) groups is 1. The molecule has 2 heterocycles. The highest BCUT2D eigenvalue weighted by molar-refractivity contribution is 5.89. The van der Waals surface area contributed by atoms with Crippen LogP contribution in [0, 0.1) is 18.3 Å². The summed E-state index contributed by atoms with van der Waals surface area (Å²) in [5.41, 5.74) is 9.96. The summed E-state index contributed by atoms with van der Waals surface area (Å²) in [6.45, 7) is 1.87. The van der Waals surface area contributed by atoms with E-state index in [1.807, 2.05) is 37.3 Å². The average Bonchev–Trinajstić information content (AvgIpc) is 3.08. The number of fused-ring (bicyclic) bond motifs is 1. The molecule has 7 heteroatoms. The van der Waals surface area contributed by atoms with E-state index in [9.17, 15) is 10.1 Å². The topological polar surface area (TPSA) is 103 Å². The van der Waals surface area contributed by atoms with Crippen molar-refractivity contribution in [3.8, 4) is 17.6 Å². The van der Waals surface area contributed by atoms with E-state index in [0.29, 0.717) is 17.0 Å². The molecule has 0 saturated heterocycles. The van der Waals surface area contributed by atoms with E-state index < -0.39 is 11.9 Å². The number of ether oxygens (including phenoxy) is 2. The molecule has 0 saturated carbocycles. The van der Waals surface area contributed by atoms with E-state index in [2.05, 4.69) is 11.2 Å². The molecule has 2 aromatic carbocycles. The molecule has 0 fully saturated rings. The number of allylic oxidation sites excluding steroid dienone is 1. The minimum Gasteiger partial charge on any atom is -0.465 e. The Kier molecular flexibility index (Phi) is 4.53. The highest BCUT2D eigenvalue weighted by atomic mass is 16.5. The zero-order valence-electron chi connectivity index (χ0n) is 15.9. The molecule has 144 valence electrons. The zero-order chi connectivity index (χ0) is 20.5. The molecule has 0 amide bonds. The van der Waals surface area contributed by atoms with Crippen molar-refractivity contribution in [2.45, 2.75) is 12.8 Å². The van der Waals surface area contributed by atoms with Crippen molar-refractivity contribution < 1.29 is 14.3 Å². The first-order valence-electron chi connectivity index (χ1n) is 8.96. The molecule has 1 atom stereocenters. The first kappa shape index (κ1) is 18.3. The molecule has 3 aromatic rings. The molecule has 29 heavy (non-hydrogen) atoms. The number of para-hydroxylation sites is 1. The number of aromatic nitrogens is 2. The lowest BCUT2D eigenvalue weighted by atomic mass is 9.84. The van der Waals surface area contributed by atoms with Crippen molar-refractivity contribution in [3.63, 3.8) is 0 Å². The second-order valence-electron chi connectivity index (χ2n) is 6.59. The highest BCUT2D eigenvalue weighted by Crippen LogP contribution is 2.44. The third-order valence-electron chi connectivity index (χ3n) is 4.90. The summed E-state index contributed by atoms with van der Waals surface area (Å²) < 4.78 is 12.3. The number of nitriles is 1. The summed E-state index contributed by atoms with van der Waals surface area (Å²) in [5.74, 6) is -0.355. The molecule has 0 aliphatic carbocycles. The van der Waals surface area contributed by atoms with E-state index in [4.69, 9.17) is 15.2 Å². The third-order valence-corrected chi connectivity index (χ3v) is 4.90. The second kappa shape index (κ2) is 7.17. The SMILES string of the molecule is COC(=O)c1ccc([C@@H]2C(C#N)=C(N)Oc3c2c(C)nn3-c2ccccc2)cc1. The van der Waals surface area contributed by atoms with Gasteiger partial charge in [-0.3, -0.25) is 0 Å². The number of methoxy groups -OCH3 is 1. The van der Waals surface area contributed by atoms with Gasteiger partial charge in [0.2, 0.25) is 11.8 Å². The van der Waals surface area contributed by atoms with Gasteiger partial charge in [0, 0.05) is 0 Å². The fourth-order valence-electron chi connectivity index (χ4n) is 3.52. The van der Waals surface area contributed by atoms with Crippen LogP contribution in [0.3, 0.4) is 0 Å². The lowest BCUT2D eigenvalue weighted by molar-refractivity contribution is 0.0600. The van der Waals surface area contributed by atoms with Gasteiger partial charge in [-0.25, -0.2) is 9.48 Å². The molecule has 1 aliphatic rings. The molecule has 2 N–H and O–H groups in total. The van der Waals surface area contributed by atoms with Crippen molar-refractivity contribution in [3.05, 3.63) is 88.4 Å². The average molecular weight is 386 g/mol. The number of carbonyl (C=O) groups excluding carboxylic acids is 1. The maximum absolute atomic E-state index is 11.7. The first-order valence-corrected chi connectivity index (χ1v) is 8.96. The largest absolute Gasteiger partial charge is 0.465 e. The van der Waals surface area contributed by atoms with Crippen molar-refractivity contribution >= 4 is 5.97 Å². The Morgan fingerprint density at radius 3 is 2.52 bits per heavy atom. The summed E-state index contributed by atoms with van der Waals surface area (Å²) >= 11 is 0. The van der Waals surface area contributed by atoms with Gasteiger partial charge in [0.15, 0.2) is 0 Å². The van der Waals surface area contributed by atoms with Gasteiger partial charge in [-0.15, -0.1) is 0 Å². The Hall–Kier alpha value is -4.05. The number of nitrogens with zero attached hydrogens (tertiary/aromatic N) is 3. The minimum atomic E-state index is -0.451. The Bertz CT molecular complexity index is 1160. The standard InChI is InChI=1S/C22H18N4O3/c1-13-18-19(14-8-10-15(11-9-14)22(27)28-2)17(12-23)20(24)29-21(18)26(25-13)16-6-4-3-5-7-16/h3-11,19H,24H2,1-2H3/t19-/m1/s1. The van der Waals surface area contributed by atoms with Crippen LogP contribution in [0.4, 0.5) is 0 Å². The van der Waals surface area contributed by atoms with Gasteiger partial charge in [-0.1, -0.05) is 30.3 Å². The predicted molar refractivity (Wildman–Crippen MR) is 105 cm³/mol. The highest BCUT2D eigenvalue weighted by Gasteiger charge is 2.36.